The summed E-state index contributed by atoms with van der Waals surface area (Å²) in [6.45, 7) is 6.03. The molecule has 0 unspecified atom stereocenters. The molecule has 0 saturated heterocycles. The molecule has 1 aromatic rings. The highest BCUT2D eigenvalue weighted by molar-refractivity contribution is 5.60. The van der Waals surface area contributed by atoms with Crippen LogP contribution in [0, 0.1) is 18.3 Å². The summed E-state index contributed by atoms with van der Waals surface area (Å²) in [4.78, 5) is 10.4. The third-order valence-corrected chi connectivity index (χ3v) is 3.08. The van der Waals surface area contributed by atoms with Crippen LogP contribution >= 0.6 is 0 Å². The lowest BCUT2D eigenvalue weighted by molar-refractivity contribution is -0.370. The minimum absolute atomic E-state index is 0.0743. The van der Waals surface area contributed by atoms with E-state index in [1.54, 1.807) is 38.1 Å². The van der Waals surface area contributed by atoms with Crippen molar-refractivity contribution in [3.63, 3.8) is 0 Å². The first-order valence-electron chi connectivity index (χ1n) is 7.41. The van der Waals surface area contributed by atoms with E-state index in [0.717, 1.165) is 11.1 Å². The van der Waals surface area contributed by atoms with E-state index in [4.69, 9.17) is 14.7 Å². The van der Waals surface area contributed by atoms with E-state index in [-0.39, 0.29) is 12.2 Å². The highest BCUT2D eigenvalue weighted by Crippen LogP contribution is 2.28. The first-order valence-corrected chi connectivity index (χ1v) is 7.41. The molecule has 2 N–H and O–H groups in total. The Kier molecular flexibility index (Phi) is 7.42. The molecule has 0 aliphatic rings. The molecule has 1 aromatic carbocycles. The van der Waals surface area contributed by atoms with Crippen LogP contribution in [0.25, 0.3) is 6.08 Å². The third kappa shape index (κ3) is 5.18. The Morgan fingerprint density at radius 1 is 1.39 bits per heavy atom. The van der Waals surface area contributed by atoms with Crippen LogP contribution in [-0.4, -0.2) is 31.2 Å². The molecule has 0 aliphatic heterocycles. The van der Waals surface area contributed by atoms with E-state index in [0.29, 0.717) is 25.1 Å². The number of nitrogens with zero attached hydrogens (tertiary/aromatic N) is 1. The topological polar surface area (TPSA) is 91.6 Å². The standard InChI is InChI=1S/C17H22N2O4/c1-4-22-17(21,23-5-2)16-7-6-14(10-13(16)3)11-15(12-18)19-8-9-20/h6-7,9-11,19,21H,4-5,8H2,1-3H3/b15-11-. The molecule has 0 atom stereocenters. The normalized spacial score (nSPS) is 11.9. The van der Waals surface area contributed by atoms with Crippen LogP contribution in [0.4, 0.5) is 0 Å². The lowest BCUT2D eigenvalue weighted by atomic mass is 10.0. The highest BCUT2D eigenvalue weighted by atomic mass is 16.8. The van der Waals surface area contributed by atoms with Gasteiger partial charge in [-0.25, -0.2) is 0 Å². The van der Waals surface area contributed by atoms with Crippen molar-refractivity contribution in [2.24, 2.45) is 0 Å². The van der Waals surface area contributed by atoms with Gasteiger partial charge < -0.3 is 24.7 Å². The molecule has 0 bridgehead atoms. The van der Waals surface area contributed by atoms with Gasteiger partial charge in [0.25, 0.3) is 0 Å². The number of aliphatic hydroxyl groups is 1. The molecular weight excluding hydrogens is 296 g/mol. The number of carbonyl (C=O) groups is 1. The SMILES string of the molecule is CCOC(O)(OCC)c1ccc(/C=C(/C#N)NCC=O)cc1C. The molecule has 0 aliphatic carbocycles. The number of aldehydes is 1. The monoisotopic (exact) mass is 318 g/mol. The van der Waals surface area contributed by atoms with E-state index >= 15 is 0 Å². The Morgan fingerprint density at radius 3 is 2.52 bits per heavy atom. The van der Waals surface area contributed by atoms with Crippen molar-refractivity contribution in [2.45, 2.75) is 26.7 Å². The summed E-state index contributed by atoms with van der Waals surface area (Å²) in [6.07, 6.45) is 2.31. The lowest BCUT2D eigenvalue weighted by Gasteiger charge is -2.28. The number of nitriles is 1. The lowest BCUT2D eigenvalue weighted by Crippen LogP contribution is -2.33. The minimum Gasteiger partial charge on any atom is -0.370 e. The number of allylic oxidation sites excluding steroid dienone is 1. The summed E-state index contributed by atoms with van der Waals surface area (Å²) < 4.78 is 10.7. The van der Waals surface area contributed by atoms with Crippen molar-refractivity contribution >= 4 is 12.4 Å². The summed E-state index contributed by atoms with van der Waals surface area (Å²) in [7, 11) is 0. The van der Waals surface area contributed by atoms with Gasteiger partial charge in [0.15, 0.2) is 0 Å². The maximum atomic E-state index is 10.5. The summed E-state index contributed by atoms with van der Waals surface area (Å²) in [5.74, 6) is -1.79. The van der Waals surface area contributed by atoms with Crippen molar-refractivity contribution in [1.29, 1.82) is 5.26 Å². The van der Waals surface area contributed by atoms with Gasteiger partial charge in [-0.05, 0) is 38.0 Å². The predicted octanol–water partition coefficient (Wildman–Crippen LogP) is 1.82. The molecule has 1 rings (SSSR count). The minimum atomic E-state index is -1.79. The molecule has 0 heterocycles. The van der Waals surface area contributed by atoms with Crippen LogP contribution in [0.3, 0.4) is 0 Å². The van der Waals surface area contributed by atoms with Gasteiger partial charge in [0, 0.05) is 18.8 Å². The fraction of sp³-hybridized carbons (Fsp3) is 0.412. The number of nitrogens with one attached hydrogen (secondary N) is 1. The quantitative estimate of drug-likeness (QED) is 0.410. The molecule has 0 saturated carbocycles. The van der Waals surface area contributed by atoms with Gasteiger partial charge in [0.1, 0.15) is 18.1 Å². The van der Waals surface area contributed by atoms with Crippen LogP contribution < -0.4 is 5.32 Å². The van der Waals surface area contributed by atoms with Gasteiger partial charge in [0.05, 0.1) is 6.54 Å². The zero-order chi connectivity index (χ0) is 17.3. The van der Waals surface area contributed by atoms with E-state index in [2.05, 4.69) is 5.32 Å². The van der Waals surface area contributed by atoms with Gasteiger partial charge in [-0.1, -0.05) is 18.2 Å². The number of hydrogen-bond donors (Lipinski definition) is 2. The highest BCUT2D eigenvalue weighted by Gasteiger charge is 2.32. The Labute approximate surface area is 136 Å². The summed E-state index contributed by atoms with van der Waals surface area (Å²) in [6, 6.07) is 7.22. The molecule has 6 heteroatoms. The second-order valence-corrected chi connectivity index (χ2v) is 4.74. The fourth-order valence-electron chi connectivity index (χ4n) is 2.16. The largest absolute Gasteiger partial charge is 0.370 e. The second kappa shape index (κ2) is 9.06. The van der Waals surface area contributed by atoms with E-state index < -0.39 is 5.97 Å². The molecular formula is C17H22N2O4. The van der Waals surface area contributed by atoms with Crippen LogP contribution in [0.15, 0.2) is 23.9 Å². The van der Waals surface area contributed by atoms with Crippen molar-refractivity contribution in [2.75, 3.05) is 19.8 Å². The van der Waals surface area contributed by atoms with E-state index in [9.17, 15) is 9.90 Å². The number of aryl methyl sites for hydroxylation is 1. The predicted molar refractivity (Wildman–Crippen MR) is 86.0 cm³/mol. The molecule has 124 valence electrons. The van der Waals surface area contributed by atoms with Crippen molar-refractivity contribution in [1.82, 2.24) is 5.32 Å². The molecule has 23 heavy (non-hydrogen) atoms. The molecule has 0 amide bonds. The van der Waals surface area contributed by atoms with Crippen LogP contribution in [-0.2, 0) is 20.2 Å². The molecule has 0 radical (unpaired) electrons. The molecule has 0 spiro atoms. The van der Waals surface area contributed by atoms with Crippen LogP contribution in [0.1, 0.15) is 30.5 Å². The van der Waals surface area contributed by atoms with Gasteiger partial charge in [0.2, 0.25) is 0 Å². The Bertz CT molecular complexity index is 599. The van der Waals surface area contributed by atoms with Crippen LogP contribution in [0.2, 0.25) is 0 Å². The zero-order valence-corrected chi connectivity index (χ0v) is 13.6. The van der Waals surface area contributed by atoms with Crippen molar-refractivity contribution < 1.29 is 19.4 Å². The number of hydrogen-bond acceptors (Lipinski definition) is 6. The smallest absolute Gasteiger partial charge is 0.309 e. The Morgan fingerprint density at radius 2 is 2.04 bits per heavy atom. The van der Waals surface area contributed by atoms with E-state index in [1.165, 1.54) is 0 Å². The molecule has 0 fully saturated rings. The second-order valence-electron chi connectivity index (χ2n) is 4.74. The average molecular weight is 318 g/mol. The zero-order valence-electron chi connectivity index (χ0n) is 13.6. The van der Waals surface area contributed by atoms with Gasteiger partial charge in [-0.15, -0.1) is 0 Å². The van der Waals surface area contributed by atoms with E-state index in [1.807, 2.05) is 13.0 Å². The Hall–Kier alpha value is -2.20. The molecule has 6 nitrogen and oxygen atoms in total. The Balaban J connectivity index is 3.12. The maximum absolute atomic E-state index is 10.5. The van der Waals surface area contributed by atoms with Crippen LogP contribution in [0.5, 0.6) is 0 Å². The number of carbonyl (C=O) groups excluding carboxylic acids is 1. The first-order chi connectivity index (χ1) is 11.0. The van der Waals surface area contributed by atoms with Crippen molar-refractivity contribution in [3.8, 4) is 6.07 Å². The molecule has 0 aromatic heterocycles. The number of ether oxygens (including phenoxy) is 2. The number of benzene rings is 1. The van der Waals surface area contributed by atoms with Gasteiger partial charge in [-0.2, -0.15) is 5.26 Å². The maximum Gasteiger partial charge on any atom is 0.309 e. The van der Waals surface area contributed by atoms with Gasteiger partial charge in [-0.3, -0.25) is 0 Å². The first kappa shape index (κ1) is 18.8. The fourth-order valence-corrected chi connectivity index (χ4v) is 2.16. The third-order valence-electron chi connectivity index (χ3n) is 3.08. The summed E-state index contributed by atoms with van der Waals surface area (Å²) in [5, 5.41) is 22.3. The summed E-state index contributed by atoms with van der Waals surface area (Å²) >= 11 is 0. The summed E-state index contributed by atoms with van der Waals surface area (Å²) in [5.41, 5.74) is 2.32. The average Bonchev–Trinajstić information content (AvgIpc) is 2.51. The number of rotatable bonds is 9. The van der Waals surface area contributed by atoms with Gasteiger partial charge >= 0.3 is 5.97 Å². The van der Waals surface area contributed by atoms with Crippen molar-refractivity contribution in [3.05, 3.63) is 40.6 Å².